The second-order valence-corrected chi connectivity index (χ2v) is 5.91. The molecule has 8 heteroatoms. The third-order valence-corrected chi connectivity index (χ3v) is 4.08. The Morgan fingerprint density at radius 3 is 2.53 bits per heavy atom. The van der Waals surface area contributed by atoms with E-state index in [1.807, 2.05) is 0 Å². The average Bonchev–Trinajstić information content (AvgIpc) is 2.31. The summed E-state index contributed by atoms with van der Waals surface area (Å²) in [7, 11) is -3.72. The van der Waals surface area contributed by atoms with Crippen LogP contribution in [0.15, 0.2) is 35.2 Å². The van der Waals surface area contributed by atoms with Gasteiger partial charge < -0.3 is 5.73 Å². The topological polar surface area (TPSA) is 98.0 Å². The van der Waals surface area contributed by atoms with Gasteiger partial charge in [0.1, 0.15) is 0 Å². The average molecular weight is 299 g/mol. The lowest BCUT2D eigenvalue weighted by Crippen LogP contribution is -2.15. The van der Waals surface area contributed by atoms with Crippen LogP contribution in [0.2, 0.25) is 5.15 Å². The van der Waals surface area contributed by atoms with Crippen molar-refractivity contribution in [3.05, 3.63) is 41.0 Å². The predicted molar refractivity (Wildman–Crippen MR) is 73.4 cm³/mol. The van der Waals surface area contributed by atoms with Gasteiger partial charge in [-0.05, 0) is 42.8 Å². The Bertz CT molecular complexity index is 701. The first-order valence-electron chi connectivity index (χ1n) is 5.27. The molecule has 0 saturated carbocycles. The van der Waals surface area contributed by atoms with E-state index in [0.717, 1.165) is 0 Å². The fraction of sp³-hybridized carbons (Fsp3) is 0.0909. The molecule has 2 rings (SSSR count). The Morgan fingerprint density at radius 1 is 1.21 bits per heavy atom. The summed E-state index contributed by atoms with van der Waals surface area (Å²) in [6.07, 6.45) is 0. The summed E-state index contributed by atoms with van der Waals surface area (Å²) in [6, 6.07) is 7.43. The molecule has 0 saturated heterocycles. The number of nitrogens with zero attached hydrogens (tertiary/aromatic N) is 2. The van der Waals surface area contributed by atoms with Gasteiger partial charge in [-0.3, -0.25) is 4.72 Å². The van der Waals surface area contributed by atoms with Crippen molar-refractivity contribution in [2.24, 2.45) is 0 Å². The van der Waals surface area contributed by atoms with Crippen molar-refractivity contribution in [3.8, 4) is 0 Å². The molecule has 1 aromatic carbocycles. The maximum Gasteiger partial charge on any atom is 0.263 e. The van der Waals surface area contributed by atoms with Crippen LogP contribution in [0.4, 0.5) is 11.5 Å². The van der Waals surface area contributed by atoms with E-state index in [2.05, 4.69) is 14.9 Å². The normalized spacial score (nSPS) is 11.3. The maximum atomic E-state index is 12.2. The van der Waals surface area contributed by atoms with Crippen LogP contribution < -0.4 is 10.5 Å². The van der Waals surface area contributed by atoms with Crippen LogP contribution >= 0.6 is 11.6 Å². The molecule has 0 fully saturated rings. The van der Waals surface area contributed by atoms with Crippen LogP contribution in [0.3, 0.4) is 0 Å². The molecule has 2 aromatic rings. The van der Waals surface area contributed by atoms with Gasteiger partial charge in [0.2, 0.25) is 0 Å². The second kappa shape index (κ2) is 5.02. The van der Waals surface area contributed by atoms with Gasteiger partial charge in [0.25, 0.3) is 10.0 Å². The number of sulfonamides is 1. The number of anilines is 2. The van der Waals surface area contributed by atoms with Gasteiger partial charge in [0.05, 0.1) is 4.90 Å². The molecule has 0 amide bonds. The molecular formula is C11H11ClN4O2S. The summed E-state index contributed by atoms with van der Waals surface area (Å²) < 4.78 is 26.7. The second-order valence-electron chi connectivity index (χ2n) is 3.87. The Hall–Kier alpha value is -1.86. The number of hydrogen-bond acceptors (Lipinski definition) is 5. The highest BCUT2D eigenvalue weighted by atomic mass is 35.5. The molecule has 0 unspecified atom stereocenters. The molecule has 0 aliphatic heterocycles. The zero-order chi connectivity index (χ0) is 14.0. The van der Waals surface area contributed by atoms with Gasteiger partial charge in [0.15, 0.2) is 11.0 Å². The van der Waals surface area contributed by atoms with Crippen molar-refractivity contribution in [2.75, 3.05) is 10.5 Å². The summed E-state index contributed by atoms with van der Waals surface area (Å²) in [4.78, 5) is 0.137. The van der Waals surface area contributed by atoms with E-state index in [1.54, 1.807) is 13.0 Å². The molecule has 0 bridgehead atoms. The number of nitrogens with two attached hydrogens (primary N) is 1. The number of nitrogen functional groups attached to an aromatic ring is 1. The fourth-order valence-electron chi connectivity index (χ4n) is 1.54. The number of halogens is 1. The number of nitrogens with one attached hydrogen (secondary N) is 1. The summed E-state index contributed by atoms with van der Waals surface area (Å²) in [5.41, 5.74) is 6.64. The minimum Gasteiger partial charge on any atom is -0.399 e. The molecule has 1 heterocycles. The smallest absolute Gasteiger partial charge is 0.263 e. The van der Waals surface area contributed by atoms with Crippen molar-refractivity contribution < 1.29 is 8.42 Å². The zero-order valence-electron chi connectivity index (χ0n) is 9.96. The lowest BCUT2D eigenvalue weighted by atomic mass is 10.2. The summed E-state index contributed by atoms with van der Waals surface area (Å²) in [6.45, 7) is 1.67. The van der Waals surface area contributed by atoms with E-state index in [4.69, 9.17) is 17.3 Å². The molecule has 1 aromatic heterocycles. The number of benzene rings is 1. The van der Waals surface area contributed by atoms with Crippen LogP contribution in [0, 0.1) is 6.92 Å². The summed E-state index contributed by atoms with van der Waals surface area (Å²) in [5, 5.41) is 7.39. The van der Waals surface area contributed by atoms with Crippen LogP contribution in [-0.2, 0) is 10.0 Å². The number of rotatable bonds is 3. The van der Waals surface area contributed by atoms with E-state index in [-0.39, 0.29) is 15.9 Å². The third kappa shape index (κ3) is 3.12. The Balaban J connectivity index is 2.35. The lowest BCUT2D eigenvalue weighted by Gasteiger charge is -2.09. The van der Waals surface area contributed by atoms with E-state index in [1.165, 1.54) is 24.3 Å². The SMILES string of the molecule is Cc1cc(N)ccc1S(=O)(=O)Nc1ccc(Cl)nn1. The standard InChI is InChI=1S/C11H11ClN4O2S/c1-7-6-8(13)2-3-9(7)19(17,18)16-11-5-4-10(12)14-15-11/h2-6H,13H2,1H3,(H,15,16). The monoisotopic (exact) mass is 298 g/mol. The summed E-state index contributed by atoms with van der Waals surface area (Å²) in [5.74, 6) is 0.0978. The van der Waals surface area contributed by atoms with Gasteiger partial charge in [-0.1, -0.05) is 11.6 Å². The van der Waals surface area contributed by atoms with Crippen LogP contribution in [0.1, 0.15) is 5.56 Å². The minimum absolute atomic E-state index is 0.0978. The molecule has 0 aliphatic carbocycles. The summed E-state index contributed by atoms with van der Waals surface area (Å²) >= 11 is 5.58. The van der Waals surface area contributed by atoms with Crippen molar-refractivity contribution in [1.29, 1.82) is 0 Å². The van der Waals surface area contributed by atoms with E-state index in [9.17, 15) is 8.42 Å². The van der Waals surface area contributed by atoms with E-state index < -0.39 is 10.0 Å². The Kier molecular flexibility index (Phi) is 3.59. The first kappa shape index (κ1) is 13.6. The molecule has 0 atom stereocenters. The highest BCUT2D eigenvalue weighted by Gasteiger charge is 2.17. The van der Waals surface area contributed by atoms with Gasteiger partial charge in [-0.15, -0.1) is 10.2 Å². The van der Waals surface area contributed by atoms with E-state index in [0.29, 0.717) is 11.3 Å². The Morgan fingerprint density at radius 2 is 1.95 bits per heavy atom. The highest BCUT2D eigenvalue weighted by molar-refractivity contribution is 7.92. The number of aromatic nitrogens is 2. The fourth-order valence-corrected chi connectivity index (χ4v) is 2.86. The molecular weight excluding hydrogens is 288 g/mol. The third-order valence-electron chi connectivity index (χ3n) is 2.36. The molecule has 19 heavy (non-hydrogen) atoms. The van der Waals surface area contributed by atoms with Gasteiger partial charge in [0, 0.05) is 5.69 Å². The minimum atomic E-state index is -3.72. The maximum absolute atomic E-state index is 12.2. The largest absolute Gasteiger partial charge is 0.399 e. The van der Waals surface area contributed by atoms with Crippen molar-refractivity contribution >= 4 is 33.1 Å². The zero-order valence-corrected chi connectivity index (χ0v) is 11.5. The van der Waals surface area contributed by atoms with Crippen molar-refractivity contribution in [3.63, 3.8) is 0 Å². The van der Waals surface area contributed by atoms with Crippen LogP contribution in [0.25, 0.3) is 0 Å². The van der Waals surface area contributed by atoms with Crippen LogP contribution in [-0.4, -0.2) is 18.6 Å². The van der Waals surface area contributed by atoms with Gasteiger partial charge >= 0.3 is 0 Å². The van der Waals surface area contributed by atoms with Crippen molar-refractivity contribution in [2.45, 2.75) is 11.8 Å². The lowest BCUT2D eigenvalue weighted by molar-refractivity contribution is 0.600. The predicted octanol–water partition coefficient (Wildman–Crippen LogP) is 1.82. The van der Waals surface area contributed by atoms with Gasteiger partial charge in [-0.25, -0.2) is 8.42 Å². The quantitative estimate of drug-likeness (QED) is 0.842. The van der Waals surface area contributed by atoms with Crippen molar-refractivity contribution in [1.82, 2.24) is 10.2 Å². The Labute approximate surface area is 115 Å². The molecule has 0 radical (unpaired) electrons. The van der Waals surface area contributed by atoms with E-state index >= 15 is 0 Å². The number of aryl methyl sites for hydroxylation is 1. The molecule has 3 N–H and O–H groups in total. The highest BCUT2D eigenvalue weighted by Crippen LogP contribution is 2.20. The molecule has 0 spiro atoms. The first-order valence-corrected chi connectivity index (χ1v) is 7.13. The van der Waals surface area contributed by atoms with Crippen LogP contribution in [0.5, 0.6) is 0 Å². The molecule has 6 nitrogen and oxygen atoms in total. The first-order chi connectivity index (χ1) is 8.88. The van der Waals surface area contributed by atoms with Gasteiger partial charge in [-0.2, -0.15) is 0 Å². The molecule has 0 aliphatic rings. The number of hydrogen-bond donors (Lipinski definition) is 2. The molecule has 100 valence electrons.